The minimum Gasteiger partial charge on any atom is -0.356 e. The summed E-state index contributed by atoms with van der Waals surface area (Å²) >= 11 is 0. The zero-order valence-electron chi connectivity index (χ0n) is 11.8. The summed E-state index contributed by atoms with van der Waals surface area (Å²) in [6.07, 6.45) is 0. The Balaban J connectivity index is 2.10. The minimum atomic E-state index is 0.0850. The number of hydrogen-bond donors (Lipinski definition) is 2. The third kappa shape index (κ3) is 1.74. The normalized spacial score (nSPS) is 11.3. The second-order valence-electron chi connectivity index (χ2n) is 4.94. The van der Waals surface area contributed by atoms with Crippen LogP contribution in [0, 0.1) is 6.92 Å². The summed E-state index contributed by atoms with van der Waals surface area (Å²) < 4.78 is 3.25. The number of benzene rings is 1. The van der Waals surface area contributed by atoms with Crippen molar-refractivity contribution in [2.24, 2.45) is 0 Å². The van der Waals surface area contributed by atoms with Crippen molar-refractivity contribution < 1.29 is 4.40 Å². The molecule has 0 fully saturated rings. The quantitative estimate of drug-likeness (QED) is 0.491. The molecule has 0 aliphatic rings. The van der Waals surface area contributed by atoms with Crippen LogP contribution in [0.15, 0.2) is 36.4 Å². The van der Waals surface area contributed by atoms with Crippen molar-refractivity contribution >= 4 is 23.5 Å². The Labute approximate surface area is 125 Å². The predicted octanol–water partition coefficient (Wildman–Crippen LogP) is 0.398. The molecule has 0 amide bonds. The standard InChI is InChI=1S/C14H13N8/c1-8-7-10(9-5-3-2-4-6-9)17-14-21-12(16)18-11(15)19-13(21)20-22(8)14/h2-7H,1H3,(H4,15,16,18,19,20)/q+1. The molecule has 4 N–H and O–H groups in total. The van der Waals surface area contributed by atoms with Gasteiger partial charge in [-0.25, -0.2) is 0 Å². The van der Waals surface area contributed by atoms with Gasteiger partial charge in [0.05, 0.1) is 5.69 Å². The summed E-state index contributed by atoms with van der Waals surface area (Å²) in [5.74, 6) is 1.20. The highest BCUT2D eigenvalue weighted by atomic mass is 15.4. The molecule has 108 valence electrons. The largest absolute Gasteiger partial charge is 0.358 e. The van der Waals surface area contributed by atoms with E-state index in [1.54, 1.807) is 8.92 Å². The van der Waals surface area contributed by atoms with E-state index in [9.17, 15) is 0 Å². The first-order valence-corrected chi connectivity index (χ1v) is 6.70. The summed E-state index contributed by atoms with van der Waals surface area (Å²) in [6, 6.07) is 11.9. The van der Waals surface area contributed by atoms with Crippen LogP contribution in [0.25, 0.3) is 22.8 Å². The fourth-order valence-electron chi connectivity index (χ4n) is 2.42. The molecule has 0 spiro atoms. The van der Waals surface area contributed by atoms with Gasteiger partial charge in [0.1, 0.15) is 5.69 Å². The topological polar surface area (TPSA) is 112 Å². The van der Waals surface area contributed by atoms with E-state index in [1.807, 2.05) is 43.3 Å². The van der Waals surface area contributed by atoms with Gasteiger partial charge in [0, 0.05) is 11.6 Å². The molecule has 0 atom stereocenters. The molecule has 3 aromatic heterocycles. The maximum Gasteiger partial charge on any atom is 0.358 e. The molecule has 8 nitrogen and oxygen atoms in total. The molecule has 0 unspecified atom stereocenters. The second-order valence-corrected chi connectivity index (χ2v) is 4.94. The molecular formula is C14H13N8+. The number of nitrogens with zero attached hydrogens (tertiary/aromatic N) is 6. The molecule has 22 heavy (non-hydrogen) atoms. The van der Waals surface area contributed by atoms with E-state index in [0.717, 1.165) is 17.0 Å². The van der Waals surface area contributed by atoms with Crippen LogP contribution < -0.4 is 15.9 Å². The van der Waals surface area contributed by atoms with Crippen LogP contribution in [0.4, 0.5) is 11.9 Å². The van der Waals surface area contributed by atoms with Gasteiger partial charge in [-0.05, 0) is 12.0 Å². The van der Waals surface area contributed by atoms with Crippen molar-refractivity contribution in [2.45, 2.75) is 6.92 Å². The lowest BCUT2D eigenvalue weighted by molar-refractivity contribution is -0.474. The number of nitrogen functional groups attached to an aromatic ring is 2. The van der Waals surface area contributed by atoms with Gasteiger partial charge >= 0.3 is 11.6 Å². The number of fused-ring (bicyclic) bond motifs is 3. The number of nitrogens with two attached hydrogens (primary N) is 2. The van der Waals surface area contributed by atoms with Crippen LogP contribution >= 0.6 is 0 Å². The average Bonchev–Trinajstić information content (AvgIpc) is 2.87. The van der Waals surface area contributed by atoms with Crippen LogP contribution in [0.2, 0.25) is 0 Å². The zero-order valence-corrected chi connectivity index (χ0v) is 11.8. The van der Waals surface area contributed by atoms with E-state index in [-0.39, 0.29) is 11.9 Å². The monoisotopic (exact) mass is 293 g/mol. The van der Waals surface area contributed by atoms with Crippen molar-refractivity contribution in [3.8, 4) is 11.3 Å². The molecule has 0 aliphatic carbocycles. The third-order valence-corrected chi connectivity index (χ3v) is 3.42. The first-order chi connectivity index (χ1) is 10.6. The van der Waals surface area contributed by atoms with Crippen molar-refractivity contribution in [1.29, 1.82) is 0 Å². The van der Waals surface area contributed by atoms with E-state index >= 15 is 0 Å². The highest BCUT2D eigenvalue weighted by Gasteiger charge is 2.20. The minimum absolute atomic E-state index is 0.0850. The highest BCUT2D eigenvalue weighted by molar-refractivity contribution is 5.61. The molecule has 1 aromatic carbocycles. The SMILES string of the molecule is Cc1cc(-c2ccccc2)nc2n1nc1nc(N)nc(N)[n+]12. The van der Waals surface area contributed by atoms with Crippen molar-refractivity contribution in [3.63, 3.8) is 0 Å². The summed E-state index contributed by atoms with van der Waals surface area (Å²) in [4.78, 5) is 12.7. The summed E-state index contributed by atoms with van der Waals surface area (Å²) in [6.45, 7) is 1.94. The number of aromatic nitrogens is 6. The van der Waals surface area contributed by atoms with Gasteiger partial charge in [-0.1, -0.05) is 30.3 Å². The summed E-state index contributed by atoms with van der Waals surface area (Å²) in [5.41, 5.74) is 14.3. The number of rotatable bonds is 1. The van der Waals surface area contributed by atoms with E-state index in [4.69, 9.17) is 11.5 Å². The Morgan fingerprint density at radius 2 is 1.82 bits per heavy atom. The molecule has 4 rings (SSSR count). The fourth-order valence-corrected chi connectivity index (χ4v) is 2.42. The maximum atomic E-state index is 5.94. The highest BCUT2D eigenvalue weighted by Crippen LogP contribution is 2.18. The lowest BCUT2D eigenvalue weighted by Gasteiger charge is -2.01. The van der Waals surface area contributed by atoms with Gasteiger partial charge in [0.15, 0.2) is 0 Å². The molecular weight excluding hydrogens is 280 g/mol. The van der Waals surface area contributed by atoms with Crippen LogP contribution in [-0.2, 0) is 0 Å². The molecule has 8 heteroatoms. The van der Waals surface area contributed by atoms with E-state index in [2.05, 4.69) is 20.1 Å². The Morgan fingerprint density at radius 3 is 2.59 bits per heavy atom. The van der Waals surface area contributed by atoms with E-state index in [0.29, 0.717) is 11.6 Å². The van der Waals surface area contributed by atoms with Gasteiger partial charge in [0.2, 0.25) is 0 Å². The lowest BCUT2D eigenvalue weighted by atomic mass is 10.1. The molecule has 4 aromatic rings. The smallest absolute Gasteiger partial charge is 0.356 e. The van der Waals surface area contributed by atoms with Gasteiger partial charge < -0.3 is 11.5 Å². The summed E-state index contributed by atoms with van der Waals surface area (Å²) in [7, 11) is 0. The van der Waals surface area contributed by atoms with Crippen LogP contribution in [0.3, 0.4) is 0 Å². The molecule has 3 heterocycles. The van der Waals surface area contributed by atoms with Crippen molar-refractivity contribution in [1.82, 2.24) is 24.6 Å². The fraction of sp³-hybridized carbons (Fsp3) is 0.0714. The Hall–Kier alpha value is -3.29. The Morgan fingerprint density at radius 1 is 1.05 bits per heavy atom. The molecule has 0 saturated heterocycles. The van der Waals surface area contributed by atoms with Gasteiger partial charge in [-0.15, -0.1) is 19.5 Å². The summed E-state index contributed by atoms with van der Waals surface area (Å²) in [5, 5.41) is 4.38. The predicted molar refractivity (Wildman–Crippen MR) is 80.7 cm³/mol. The first-order valence-electron chi connectivity index (χ1n) is 6.70. The average molecular weight is 293 g/mol. The number of hydrogen-bond acceptors (Lipinski definition) is 6. The van der Waals surface area contributed by atoms with Crippen LogP contribution in [-0.4, -0.2) is 24.6 Å². The van der Waals surface area contributed by atoms with Crippen LogP contribution in [0.5, 0.6) is 0 Å². The molecule has 0 bridgehead atoms. The number of anilines is 2. The van der Waals surface area contributed by atoms with Gasteiger partial charge in [-0.2, -0.15) is 4.40 Å². The Kier molecular flexibility index (Phi) is 2.46. The Bertz CT molecular complexity index is 1010. The van der Waals surface area contributed by atoms with Gasteiger partial charge in [0.25, 0.3) is 11.9 Å². The zero-order chi connectivity index (χ0) is 15.3. The maximum absolute atomic E-state index is 5.94. The van der Waals surface area contributed by atoms with Crippen LogP contribution in [0.1, 0.15) is 5.69 Å². The number of aryl methyl sites for hydroxylation is 1. The van der Waals surface area contributed by atoms with Crippen molar-refractivity contribution in [2.75, 3.05) is 11.5 Å². The van der Waals surface area contributed by atoms with E-state index in [1.165, 1.54) is 0 Å². The van der Waals surface area contributed by atoms with Crippen molar-refractivity contribution in [3.05, 3.63) is 42.1 Å². The van der Waals surface area contributed by atoms with E-state index < -0.39 is 0 Å². The molecule has 0 saturated carbocycles. The second kappa shape index (κ2) is 4.35. The molecule has 0 aliphatic heterocycles. The first kappa shape index (κ1) is 12.5. The van der Waals surface area contributed by atoms with Gasteiger partial charge in [-0.3, -0.25) is 0 Å². The third-order valence-electron chi connectivity index (χ3n) is 3.42. The molecule has 0 radical (unpaired) electrons. The lowest BCUT2D eigenvalue weighted by Crippen LogP contribution is -2.29.